The van der Waals surface area contributed by atoms with Gasteiger partial charge in [0.2, 0.25) is 0 Å². The van der Waals surface area contributed by atoms with Gasteiger partial charge in [0, 0.05) is 10.8 Å². The van der Waals surface area contributed by atoms with Crippen LogP contribution < -0.4 is 11.3 Å². The van der Waals surface area contributed by atoms with Crippen LogP contribution in [0, 0.1) is 0 Å². The minimum Gasteiger partial charge on any atom is -0.504 e. The summed E-state index contributed by atoms with van der Waals surface area (Å²) in [6.07, 6.45) is 0. The molecule has 0 aromatic heterocycles. The van der Waals surface area contributed by atoms with Crippen LogP contribution in [0.1, 0.15) is 0 Å². The van der Waals surface area contributed by atoms with E-state index in [9.17, 15) is 13.5 Å². The minimum absolute atomic E-state index is 0.197. The summed E-state index contributed by atoms with van der Waals surface area (Å²) in [5, 5.41) is 13.0. The number of phenols is 1. The molecule has 0 spiro atoms. The van der Waals surface area contributed by atoms with Gasteiger partial charge in [0.15, 0.2) is 10.6 Å². The fourth-order valence-corrected chi connectivity index (χ4v) is 2.50. The summed E-state index contributed by atoms with van der Waals surface area (Å²) in [4.78, 5) is -0.916. The van der Waals surface area contributed by atoms with Gasteiger partial charge < -0.3 is 10.8 Å². The number of hydrogen-bond acceptors (Lipinski definition) is 5. The normalized spacial score (nSPS) is 11.6. The van der Waals surface area contributed by atoms with Gasteiger partial charge in [-0.05, 0) is 5.53 Å². The van der Waals surface area contributed by atoms with Crippen molar-refractivity contribution in [3.63, 3.8) is 0 Å². The molecule has 0 fully saturated rings. The SMILES string of the molecule is [N]=Nc1c(S(=O)(=O)O)c(O)c(N)c2ccccc12. The Morgan fingerprint density at radius 1 is 1.22 bits per heavy atom. The number of hydrogen-bond donors (Lipinski definition) is 3. The van der Waals surface area contributed by atoms with Crippen LogP contribution in [0.4, 0.5) is 11.4 Å². The number of nitrogens with two attached hydrogens (primary N) is 1. The zero-order chi connectivity index (χ0) is 13.5. The van der Waals surface area contributed by atoms with Crippen LogP contribution in [0.25, 0.3) is 10.8 Å². The summed E-state index contributed by atoms with van der Waals surface area (Å²) in [5.41, 5.74) is 13.8. The fourth-order valence-electron chi connectivity index (χ4n) is 1.75. The van der Waals surface area contributed by atoms with Crippen molar-refractivity contribution in [2.45, 2.75) is 4.90 Å². The average molecular weight is 266 g/mol. The standard InChI is InChI=1S/C10H8N3O4S/c11-7-5-3-1-2-4-6(5)8(13-12)10(9(7)14)18(15,16)17/h1-4,14H,11H2,(H,15,16,17). The first-order valence-electron chi connectivity index (χ1n) is 4.73. The number of nitrogen functional groups attached to an aromatic ring is 1. The second-order valence-corrected chi connectivity index (χ2v) is 4.92. The lowest BCUT2D eigenvalue weighted by atomic mass is 10.1. The predicted molar refractivity (Wildman–Crippen MR) is 64.1 cm³/mol. The molecule has 2 rings (SSSR count). The molecule has 8 heteroatoms. The van der Waals surface area contributed by atoms with E-state index in [0.717, 1.165) is 0 Å². The summed E-state index contributed by atoms with van der Waals surface area (Å²) in [7, 11) is -4.77. The van der Waals surface area contributed by atoms with Crippen LogP contribution in [0.15, 0.2) is 34.3 Å². The number of fused-ring (bicyclic) bond motifs is 1. The number of nitrogens with zero attached hydrogens (tertiary/aromatic N) is 2. The zero-order valence-electron chi connectivity index (χ0n) is 8.90. The van der Waals surface area contributed by atoms with Crippen LogP contribution in [0.3, 0.4) is 0 Å². The van der Waals surface area contributed by atoms with E-state index < -0.39 is 26.5 Å². The van der Waals surface area contributed by atoms with E-state index in [1.54, 1.807) is 12.1 Å². The van der Waals surface area contributed by atoms with Gasteiger partial charge in [0.25, 0.3) is 0 Å². The molecule has 0 unspecified atom stereocenters. The van der Waals surface area contributed by atoms with Crippen molar-refractivity contribution in [2.24, 2.45) is 5.11 Å². The second kappa shape index (κ2) is 3.93. The number of rotatable bonds is 2. The van der Waals surface area contributed by atoms with Gasteiger partial charge in [-0.25, -0.2) is 0 Å². The first-order valence-corrected chi connectivity index (χ1v) is 6.17. The maximum Gasteiger partial charge on any atom is 0.300 e. The van der Waals surface area contributed by atoms with E-state index in [0.29, 0.717) is 5.39 Å². The number of phenolic OH excluding ortho intramolecular Hbond substituents is 1. The molecule has 18 heavy (non-hydrogen) atoms. The largest absolute Gasteiger partial charge is 0.504 e. The van der Waals surface area contributed by atoms with Gasteiger partial charge >= 0.3 is 10.1 Å². The van der Waals surface area contributed by atoms with E-state index in [1.165, 1.54) is 12.1 Å². The molecule has 0 aliphatic carbocycles. The third-order valence-electron chi connectivity index (χ3n) is 2.52. The van der Waals surface area contributed by atoms with Crippen LogP contribution in [-0.4, -0.2) is 18.1 Å². The Morgan fingerprint density at radius 3 is 2.28 bits per heavy atom. The van der Waals surface area contributed by atoms with Crippen LogP contribution in [0.5, 0.6) is 5.75 Å². The Hall–Kier alpha value is -2.19. The first-order chi connectivity index (χ1) is 8.38. The zero-order valence-corrected chi connectivity index (χ0v) is 9.72. The minimum atomic E-state index is -4.77. The topological polar surface area (TPSA) is 135 Å². The third-order valence-corrected chi connectivity index (χ3v) is 3.42. The van der Waals surface area contributed by atoms with Crippen molar-refractivity contribution in [2.75, 3.05) is 5.73 Å². The van der Waals surface area contributed by atoms with Gasteiger partial charge in [-0.2, -0.15) is 8.42 Å². The number of aromatic hydroxyl groups is 1. The van der Waals surface area contributed by atoms with Crippen molar-refractivity contribution >= 4 is 32.3 Å². The van der Waals surface area contributed by atoms with Gasteiger partial charge in [-0.1, -0.05) is 24.3 Å². The average Bonchev–Trinajstić information content (AvgIpc) is 2.32. The van der Waals surface area contributed by atoms with Gasteiger partial charge in [-0.3, -0.25) is 4.55 Å². The predicted octanol–water partition coefficient (Wildman–Crippen LogP) is 1.26. The van der Waals surface area contributed by atoms with E-state index in [1.807, 2.05) is 0 Å². The van der Waals surface area contributed by atoms with E-state index in [2.05, 4.69) is 5.11 Å². The molecule has 0 amide bonds. The molecule has 0 heterocycles. The summed E-state index contributed by atoms with van der Waals surface area (Å²) < 4.78 is 31.4. The van der Waals surface area contributed by atoms with Gasteiger partial charge in [0.05, 0.1) is 5.69 Å². The lowest BCUT2D eigenvalue weighted by Gasteiger charge is -2.11. The summed E-state index contributed by atoms with van der Waals surface area (Å²) >= 11 is 0. The molecule has 93 valence electrons. The highest BCUT2D eigenvalue weighted by Gasteiger charge is 2.26. The Labute approximate surface area is 102 Å². The van der Waals surface area contributed by atoms with Crippen molar-refractivity contribution in [1.29, 1.82) is 0 Å². The quantitative estimate of drug-likeness (QED) is 0.325. The molecule has 2 aromatic carbocycles. The summed E-state index contributed by atoms with van der Waals surface area (Å²) in [5.74, 6) is -0.844. The fraction of sp³-hybridized carbons (Fsp3) is 0. The summed E-state index contributed by atoms with van der Waals surface area (Å²) in [6, 6.07) is 6.16. The van der Waals surface area contributed by atoms with Gasteiger partial charge in [0.1, 0.15) is 5.69 Å². The Morgan fingerprint density at radius 2 is 1.78 bits per heavy atom. The second-order valence-electron chi connectivity index (χ2n) is 3.56. The number of anilines is 1. The molecule has 0 saturated carbocycles. The highest BCUT2D eigenvalue weighted by Crippen LogP contribution is 2.44. The molecule has 7 nitrogen and oxygen atoms in total. The monoisotopic (exact) mass is 266 g/mol. The lowest BCUT2D eigenvalue weighted by molar-refractivity contribution is 0.446. The lowest BCUT2D eigenvalue weighted by Crippen LogP contribution is -2.02. The number of benzene rings is 2. The molecule has 1 radical (unpaired) electrons. The Kier molecular flexibility index (Phi) is 2.68. The summed E-state index contributed by atoms with van der Waals surface area (Å²) in [6.45, 7) is 0. The maximum absolute atomic E-state index is 11.2. The van der Waals surface area contributed by atoms with Crippen molar-refractivity contribution < 1.29 is 18.1 Å². The third kappa shape index (κ3) is 1.67. The van der Waals surface area contributed by atoms with Crippen molar-refractivity contribution in [3.8, 4) is 5.75 Å². The molecule has 0 atom stereocenters. The molecular formula is C10H8N3O4S. The highest BCUT2D eigenvalue weighted by atomic mass is 32.2. The highest BCUT2D eigenvalue weighted by molar-refractivity contribution is 7.86. The van der Waals surface area contributed by atoms with E-state index >= 15 is 0 Å². The molecule has 2 aromatic rings. The first kappa shape index (κ1) is 12.3. The Bertz CT molecular complexity index is 755. The van der Waals surface area contributed by atoms with E-state index in [-0.39, 0.29) is 11.1 Å². The molecule has 0 aliphatic heterocycles. The van der Waals surface area contributed by atoms with Crippen LogP contribution in [0.2, 0.25) is 0 Å². The van der Waals surface area contributed by atoms with Gasteiger partial charge in [-0.15, -0.1) is 5.11 Å². The molecule has 0 aliphatic rings. The molecule has 4 N–H and O–H groups in total. The Balaban J connectivity index is 3.14. The molecular weight excluding hydrogens is 258 g/mol. The van der Waals surface area contributed by atoms with Crippen LogP contribution in [-0.2, 0) is 10.1 Å². The van der Waals surface area contributed by atoms with E-state index in [4.69, 9.17) is 15.8 Å². The van der Waals surface area contributed by atoms with Crippen molar-refractivity contribution in [3.05, 3.63) is 24.3 Å². The molecule has 0 bridgehead atoms. The maximum atomic E-state index is 11.2. The smallest absolute Gasteiger partial charge is 0.300 e. The molecule has 0 saturated heterocycles. The van der Waals surface area contributed by atoms with Crippen molar-refractivity contribution in [1.82, 2.24) is 5.53 Å². The van der Waals surface area contributed by atoms with Crippen LogP contribution >= 0.6 is 0 Å².